The van der Waals surface area contributed by atoms with Crippen LogP contribution in [0, 0.1) is 0 Å². The Morgan fingerprint density at radius 2 is 2.00 bits per heavy atom. The second-order valence-corrected chi connectivity index (χ2v) is 5.86. The number of aromatic nitrogens is 1. The van der Waals surface area contributed by atoms with Crippen molar-refractivity contribution in [3.63, 3.8) is 0 Å². The Labute approximate surface area is 141 Å². The van der Waals surface area contributed by atoms with Crippen molar-refractivity contribution in [2.75, 3.05) is 11.9 Å². The van der Waals surface area contributed by atoms with Gasteiger partial charge < -0.3 is 10.1 Å². The normalized spacial score (nSPS) is 10.3. The van der Waals surface area contributed by atoms with Gasteiger partial charge in [0.05, 0.1) is 13.0 Å². The minimum Gasteiger partial charge on any atom is -0.461 e. The molecule has 1 N–H and O–H groups in total. The van der Waals surface area contributed by atoms with Gasteiger partial charge in [0.15, 0.2) is 10.8 Å². The molecule has 0 radical (unpaired) electrons. The van der Waals surface area contributed by atoms with Crippen LogP contribution < -0.4 is 5.32 Å². The van der Waals surface area contributed by atoms with Crippen LogP contribution in [0.1, 0.15) is 23.0 Å². The number of amides is 1. The number of halogens is 2. The van der Waals surface area contributed by atoms with Crippen molar-refractivity contribution < 1.29 is 14.3 Å². The van der Waals surface area contributed by atoms with Gasteiger partial charge in [0.1, 0.15) is 0 Å². The minimum absolute atomic E-state index is 0.0207. The number of nitrogens with zero attached hydrogens (tertiary/aromatic N) is 1. The number of carbonyl (C=O) groups is 2. The molecule has 1 amide bonds. The largest absolute Gasteiger partial charge is 0.461 e. The quantitative estimate of drug-likeness (QED) is 0.825. The van der Waals surface area contributed by atoms with Crippen LogP contribution in [0.3, 0.4) is 0 Å². The van der Waals surface area contributed by atoms with Crippen molar-refractivity contribution in [1.82, 2.24) is 4.98 Å². The number of ether oxygens (including phenoxy) is 1. The lowest BCUT2D eigenvalue weighted by atomic mass is 10.1. The van der Waals surface area contributed by atoms with Gasteiger partial charge in [0.25, 0.3) is 0 Å². The van der Waals surface area contributed by atoms with E-state index in [2.05, 4.69) is 10.3 Å². The second kappa shape index (κ2) is 7.58. The van der Waals surface area contributed by atoms with Crippen LogP contribution in [-0.4, -0.2) is 23.5 Å². The zero-order valence-corrected chi connectivity index (χ0v) is 13.9. The van der Waals surface area contributed by atoms with Crippen molar-refractivity contribution in [3.05, 3.63) is 44.9 Å². The molecule has 116 valence electrons. The van der Waals surface area contributed by atoms with E-state index in [1.807, 2.05) is 0 Å². The molecule has 0 unspecified atom stereocenters. The third kappa shape index (κ3) is 4.19. The van der Waals surface area contributed by atoms with Crippen LogP contribution in [0.4, 0.5) is 5.13 Å². The molecule has 0 aliphatic heterocycles. The summed E-state index contributed by atoms with van der Waals surface area (Å²) in [5.74, 6) is -0.840. The standard InChI is InChI=1S/C14H12Cl2N2O3S/c1-2-21-13(20)11-7-22-14(17-11)18-12(19)6-8-9(15)4-3-5-10(8)16/h3-5,7H,2,6H2,1H3,(H,17,18,19). The van der Waals surface area contributed by atoms with E-state index in [0.717, 1.165) is 11.3 Å². The lowest BCUT2D eigenvalue weighted by molar-refractivity contribution is -0.115. The topological polar surface area (TPSA) is 68.3 Å². The summed E-state index contributed by atoms with van der Waals surface area (Å²) in [6.07, 6.45) is 0.0207. The van der Waals surface area contributed by atoms with Gasteiger partial charge in [0.2, 0.25) is 5.91 Å². The summed E-state index contributed by atoms with van der Waals surface area (Å²) in [7, 11) is 0. The number of hydrogen-bond acceptors (Lipinski definition) is 5. The maximum Gasteiger partial charge on any atom is 0.357 e. The number of anilines is 1. The molecule has 22 heavy (non-hydrogen) atoms. The fourth-order valence-electron chi connectivity index (χ4n) is 1.66. The van der Waals surface area contributed by atoms with Crippen molar-refractivity contribution in [1.29, 1.82) is 0 Å². The molecule has 0 aliphatic carbocycles. The molecule has 0 saturated carbocycles. The Morgan fingerprint density at radius 3 is 2.64 bits per heavy atom. The first-order valence-corrected chi connectivity index (χ1v) is 8.00. The molecule has 1 aromatic heterocycles. The van der Waals surface area contributed by atoms with Gasteiger partial charge in [-0.3, -0.25) is 4.79 Å². The first-order valence-electron chi connectivity index (χ1n) is 6.36. The number of benzene rings is 1. The summed E-state index contributed by atoms with van der Waals surface area (Å²) in [4.78, 5) is 27.5. The average molecular weight is 359 g/mol. The van der Waals surface area contributed by atoms with Gasteiger partial charge in [-0.2, -0.15) is 0 Å². The summed E-state index contributed by atoms with van der Waals surface area (Å²) in [5.41, 5.74) is 0.712. The zero-order chi connectivity index (χ0) is 16.1. The summed E-state index contributed by atoms with van der Waals surface area (Å²) in [5, 5.41) is 5.30. The molecule has 5 nitrogen and oxygen atoms in total. The fraction of sp³-hybridized carbons (Fsp3) is 0.214. The van der Waals surface area contributed by atoms with E-state index in [-0.39, 0.29) is 24.6 Å². The molecule has 2 aromatic rings. The predicted octanol–water partition coefficient (Wildman–Crippen LogP) is 3.81. The van der Waals surface area contributed by atoms with Crippen LogP contribution >= 0.6 is 34.5 Å². The van der Waals surface area contributed by atoms with E-state index in [4.69, 9.17) is 27.9 Å². The summed E-state index contributed by atoms with van der Waals surface area (Å²) >= 11 is 13.2. The third-order valence-corrected chi connectivity index (χ3v) is 4.10. The van der Waals surface area contributed by atoms with E-state index in [1.54, 1.807) is 25.1 Å². The molecule has 0 spiro atoms. The molecule has 0 fully saturated rings. The Bertz CT molecular complexity index is 683. The van der Waals surface area contributed by atoms with Gasteiger partial charge in [0, 0.05) is 15.4 Å². The third-order valence-electron chi connectivity index (χ3n) is 2.63. The fourth-order valence-corrected chi connectivity index (χ4v) is 2.88. The maximum absolute atomic E-state index is 12.0. The lowest BCUT2D eigenvalue weighted by Crippen LogP contribution is -2.15. The Kier molecular flexibility index (Phi) is 5.76. The van der Waals surface area contributed by atoms with Gasteiger partial charge in [-0.25, -0.2) is 9.78 Å². The molecule has 0 bridgehead atoms. The van der Waals surface area contributed by atoms with Crippen LogP contribution in [-0.2, 0) is 16.0 Å². The van der Waals surface area contributed by atoms with Crippen LogP contribution in [0.25, 0.3) is 0 Å². The van der Waals surface area contributed by atoms with E-state index in [9.17, 15) is 9.59 Å². The number of carbonyl (C=O) groups excluding carboxylic acids is 2. The first kappa shape index (κ1) is 16.7. The molecule has 1 heterocycles. The van der Waals surface area contributed by atoms with Gasteiger partial charge in [-0.15, -0.1) is 11.3 Å². The number of esters is 1. The van der Waals surface area contributed by atoms with Gasteiger partial charge in [-0.05, 0) is 24.6 Å². The number of nitrogens with one attached hydrogen (secondary N) is 1. The first-order chi connectivity index (χ1) is 10.5. The molecule has 0 saturated heterocycles. The van der Waals surface area contributed by atoms with E-state index in [0.29, 0.717) is 20.7 Å². The summed E-state index contributed by atoms with van der Waals surface area (Å²) < 4.78 is 4.83. The minimum atomic E-state index is -0.520. The highest BCUT2D eigenvalue weighted by atomic mass is 35.5. The highest BCUT2D eigenvalue weighted by molar-refractivity contribution is 7.14. The number of thiazole rings is 1. The van der Waals surface area contributed by atoms with Crippen LogP contribution in [0.15, 0.2) is 23.6 Å². The smallest absolute Gasteiger partial charge is 0.357 e. The monoisotopic (exact) mass is 358 g/mol. The second-order valence-electron chi connectivity index (χ2n) is 4.18. The molecule has 0 atom stereocenters. The van der Waals surface area contributed by atoms with Gasteiger partial charge in [-0.1, -0.05) is 29.3 Å². The highest BCUT2D eigenvalue weighted by Gasteiger charge is 2.15. The van der Waals surface area contributed by atoms with Crippen molar-refractivity contribution in [3.8, 4) is 0 Å². The predicted molar refractivity (Wildman–Crippen MR) is 86.9 cm³/mol. The molecule has 1 aromatic carbocycles. The number of rotatable bonds is 5. The van der Waals surface area contributed by atoms with Crippen LogP contribution in [0.5, 0.6) is 0 Å². The molecule has 0 aliphatic rings. The molecular weight excluding hydrogens is 347 g/mol. The van der Waals surface area contributed by atoms with Gasteiger partial charge >= 0.3 is 5.97 Å². The zero-order valence-electron chi connectivity index (χ0n) is 11.6. The summed E-state index contributed by atoms with van der Waals surface area (Å²) in [6.45, 7) is 1.98. The van der Waals surface area contributed by atoms with E-state index < -0.39 is 5.97 Å². The van der Waals surface area contributed by atoms with E-state index in [1.165, 1.54) is 5.38 Å². The highest BCUT2D eigenvalue weighted by Crippen LogP contribution is 2.25. The Morgan fingerprint density at radius 1 is 1.32 bits per heavy atom. The van der Waals surface area contributed by atoms with Crippen molar-refractivity contribution in [2.45, 2.75) is 13.3 Å². The summed E-state index contributed by atoms with van der Waals surface area (Å²) in [6, 6.07) is 5.04. The Hall–Kier alpha value is -1.63. The lowest BCUT2D eigenvalue weighted by Gasteiger charge is -2.06. The average Bonchev–Trinajstić information content (AvgIpc) is 2.92. The maximum atomic E-state index is 12.0. The van der Waals surface area contributed by atoms with Crippen LogP contribution in [0.2, 0.25) is 10.0 Å². The molecule has 8 heteroatoms. The van der Waals surface area contributed by atoms with Crippen molar-refractivity contribution >= 4 is 51.5 Å². The Balaban J connectivity index is 2.02. The number of hydrogen-bond donors (Lipinski definition) is 1. The molecule has 2 rings (SSSR count). The molecular formula is C14H12Cl2N2O3S. The van der Waals surface area contributed by atoms with E-state index >= 15 is 0 Å². The SMILES string of the molecule is CCOC(=O)c1csc(NC(=O)Cc2c(Cl)cccc2Cl)n1. The van der Waals surface area contributed by atoms with Crippen molar-refractivity contribution in [2.24, 2.45) is 0 Å².